The summed E-state index contributed by atoms with van der Waals surface area (Å²) in [4.78, 5) is 25.4. The molecule has 3 aliphatic rings. The van der Waals surface area contributed by atoms with Crippen molar-refractivity contribution in [1.29, 1.82) is 0 Å². The molecule has 1 aromatic carbocycles. The maximum Gasteiger partial charge on any atom is 0.247 e. The van der Waals surface area contributed by atoms with Crippen LogP contribution in [0.1, 0.15) is 44.1 Å². The van der Waals surface area contributed by atoms with Crippen LogP contribution in [0, 0.1) is 11.3 Å². The summed E-state index contributed by atoms with van der Waals surface area (Å²) < 4.78 is 5.99. The third-order valence-corrected chi connectivity index (χ3v) is 6.74. The molecule has 0 bridgehead atoms. The van der Waals surface area contributed by atoms with Gasteiger partial charge in [-0.15, -0.1) is 0 Å². The van der Waals surface area contributed by atoms with Crippen LogP contribution in [0.5, 0.6) is 0 Å². The number of hydrogen-bond acceptors (Lipinski definition) is 4. The van der Waals surface area contributed by atoms with Crippen LogP contribution in [0.2, 0.25) is 0 Å². The Morgan fingerprint density at radius 1 is 1.23 bits per heavy atom. The number of carbonyl (C=O) groups is 2. The van der Waals surface area contributed by atoms with Gasteiger partial charge in [-0.2, -0.15) is 0 Å². The van der Waals surface area contributed by atoms with E-state index in [1.165, 1.54) is 0 Å². The van der Waals surface area contributed by atoms with E-state index in [0.29, 0.717) is 30.4 Å². The second-order valence-electron chi connectivity index (χ2n) is 8.84. The summed E-state index contributed by atoms with van der Waals surface area (Å²) in [5, 5.41) is 6.43. The van der Waals surface area contributed by atoms with Crippen molar-refractivity contribution in [1.82, 2.24) is 10.6 Å². The number of hydrogen-bond donors (Lipinski definition) is 3. The minimum absolute atomic E-state index is 0.00212. The average molecular weight is 410 g/mol. The number of benzene rings is 1. The van der Waals surface area contributed by atoms with Crippen LogP contribution in [-0.4, -0.2) is 38.1 Å². The lowest BCUT2D eigenvalue weighted by atomic mass is 9.73. The van der Waals surface area contributed by atoms with Crippen molar-refractivity contribution < 1.29 is 14.3 Å². The van der Waals surface area contributed by atoms with Gasteiger partial charge >= 0.3 is 0 Å². The first-order chi connectivity index (χ1) is 14.5. The number of rotatable bonds is 6. The quantitative estimate of drug-likeness (QED) is 0.673. The molecule has 2 aliphatic heterocycles. The lowest BCUT2D eigenvalue weighted by Gasteiger charge is -2.31. The summed E-state index contributed by atoms with van der Waals surface area (Å²) in [6.07, 6.45) is 5.49. The third-order valence-electron chi connectivity index (χ3n) is 6.74. The van der Waals surface area contributed by atoms with Gasteiger partial charge in [0.25, 0.3) is 0 Å². The highest BCUT2D eigenvalue weighted by Crippen LogP contribution is 2.49. The Hall–Kier alpha value is -2.60. The van der Waals surface area contributed by atoms with Crippen molar-refractivity contribution in [3.8, 4) is 0 Å². The molecule has 160 valence electrons. The maximum absolute atomic E-state index is 13.0. The van der Waals surface area contributed by atoms with E-state index >= 15 is 0 Å². The smallest absolute Gasteiger partial charge is 0.247 e. The fourth-order valence-electron chi connectivity index (χ4n) is 4.82. The van der Waals surface area contributed by atoms with Gasteiger partial charge in [-0.3, -0.25) is 9.59 Å². The van der Waals surface area contributed by atoms with Crippen LogP contribution in [-0.2, 0) is 14.3 Å². The molecule has 0 radical (unpaired) electrons. The van der Waals surface area contributed by atoms with E-state index in [2.05, 4.69) is 10.6 Å². The molecular weight excluding hydrogens is 378 g/mol. The summed E-state index contributed by atoms with van der Waals surface area (Å²) in [6, 6.07) is 10.0. The normalized spacial score (nSPS) is 26.6. The first-order valence-corrected chi connectivity index (χ1v) is 10.9. The summed E-state index contributed by atoms with van der Waals surface area (Å²) in [5.41, 5.74) is 7.39. The SMILES string of the molecule is CC1(C(N)=O)CC(C(=O)NCCC2CCNCC2)=CC2=C1OCC2c1ccccc1. The van der Waals surface area contributed by atoms with Gasteiger partial charge in [0.05, 0.1) is 6.61 Å². The Bertz CT molecular complexity index is 871. The van der Waals surface area contributed by atoms with Gasteiger partial charge in [0, 0.05) is 23.6 Å². The lowest BCUT2D eigenvalue weighted by Crippen LogP contribution is -2.41. The molecule has 1 aliphatic carbocycles. The molecule has 1 saturated heterocycles. The number of allylic oxidation sites excluding steroid dienone is 1. The molecule has 4 rings (SSSR count). The summed E-state index contributed by atoms with van der Waals surface area (Å²) in [5.74, 6) is 0.703. The molecule has 2 amide bonds. The zero-order valence-corrected chi connectivity index (χ0v) is 17.6. The highest BCUT2D eigenvalue weighted by molar-refractivity contribution is 5.97. The van der Waals surface area contributed by atoms with Crippen molar-refractivity contribution in [3.05, 3.63) is 58.9 Å². The number of nitrogens with one attached hydrogen (secondary N) is 2. The van der Waals surface area contributed by atoms with Gasteiger partial charge in [0.2, 0.25) is 11.8 Å². The van der Waals surface area contributed by atoms with E-state index in [-0.39, 0.29) is 18.2 Å². The van der Waals surface area contributed by atoms with Gasteiger partial charge in [0.1, 0.15) is 11.2 Å². The van der Waals surface area contributed by atoms with Gasteiger partial charge in [-0.1, -0.05) is 30.3 Å². The molecule has 6 nitrogen and oxygen atoms in total. The largest absolute Gasteiger partial charge is 0.495 e. The Labute approximate surface area is 177 Å². The van der Waals surface area contributed by atoms with Crippen LogP contribution in [0.15, 0.2) is 53.3 Å². The number of amides is 2. The van der Waals surface area contributed by atoms with Gasteiger partial charge in [-0.05, 0) is 63.3 Å². The average Bonchev–Trinajstić information content (AvgIpc) is 3.20. The molecule has 0 aromatic heterocycles. The fraction of sp³-hybridized carbons (Fsp3) is 0.500. The molecule has 0 saturated carbocycles. The van der Waals surface area contributed by atoms with Crippen LogP contribution in [0.4, 0.5) is 0 Å². The summed E-state index contributed by atoms with van der Waals surface area (Å²) in [6.45, 7) is 5.00. The molecule has 2 unspecified atom stereocenters. The fourth-order valence-corrected chi connectivity index (χ4v) is 4.82. The van der Waals surface area contributed by atoms with Crippen LogP contribution < -0.4 is 16.4 Å². The maximum atomic E-state index is 13.0. The summed E-state index contributed by atoms with van der Waals surface area (Å²) in [7, 11) is 0. The molecule has 6 heteroatoms. The lowest BCUT2D eigenvalue weighted by molar-refractivity contribution is -0.127. The predicted octanol–water partition coefficient (Wildman–Crippen LogP) is 2.38. The first-order valence-electron chi connectivity index (χ1n) is 10.9. The first kappa shape index (κ1) is 20.7. The highest BCUT2D eigenvalue weighted by atomic mass is 16.5. The molecule has 2 atom stereocenters. The Kier molecular flexibility index (Phi) is 5.95. The predicted molar refractivity (Wildman–Crippen MR) is 115 cm³/mol. The van der Waals surface area contributed by atoms with E-state index in [1.807, 2.05) is 36.4 Å². The monoisotopic (exact) mass is 409 g/mol. The Morgan fingerprint density at radius 3 is 2.67 bits per heavy atom. The minimum Gasteiger partial charge on any atom is -0.495 e. The van der Waals surface area contributed by atoms with Gasteiger partial charge in [0.15, 0.2) is 0 Å². The number of piperidine rings is 1. The number of carbonyl (C=O) groups excluding carboxylic acids is 2. The van der Waals surface area contributed by atoms with Gasteiger partial charge in [-0.25, -0.2) is 0 Å². The van der Waals surface area contributed by atoms with Crippen molar-refractivity contribution in [2.24, 2.45) is 17.1 Å². The summed E-state index contributed by atoms with van der Waals surface area (Å²) >= 11 is 0. The van der Waals surface area contributed by atoms with E-state index in [4.69, 9.17) is 10.5 Å². The van der Waals surface area contributed by atoms with Gasteiger partial charge < -0.3 is 21.1 Å². The molecule has 2 heterocycles. The molecular formula is C24H31N3O3. The second-order valence-corrected chi connectivity index (χ2v) is 8.84. The highest BCUT2D eigenvalue weighted by Gasteiger charge is 2.47. The molecule has 1 aromatic rings. The molecule has 1 fully saturated rings. The Balaban J connectivity index is 1.53. The zero-order valence-electron chi connectivity index (χ0n) is 17.6. The minimum atomic E-state index is -1.00. The number of ether oxygens (including phenoxy) is 1. The van der Waals surface area contributed by atoms with Crippen LogP contribution >= 0.6 is 0 Å². The van der Waals surface area contributed by atoms with Crippen LogP contribution in [0.25, 0.3) is 0 Å². The van der Waals surface area contributed by atoms with Crippen molar-refractivity contribution >= 4 is 11.8 Å². The second kappa shape index (κ2) is 8.64. The number of primary amides is 1. The van der Waals surface area contributed by atoms with Crippen LogP contribution in [0.3, 0.4) is 0 Å². The van der Waals surface area contributed by atoms with E-state index in [1.54, 1.807) is 6.92 Å². The molecule has 0 spiro atoms. The standard InChI is InChI=1S/C24H31N3O3/c1-24(23(25)29)14-18(22(28)27-12-9-16-7-10-26-11-8-16)13-19-20(15-30-21(19)24)17-5-3-2-4-6-17/h2-6,13,16,20,26H,7-12,14-15H2,1H3,(H2,25,29)(H,27,28). The van der Waals surface area contributed by atoms with E-state index < -0.39 is 11.3 Å². The van der Waals surface area contributed by atoms with Crippen molar-refractivity contribution in [3.63, 3.8) is 0 Å². The van der Waals surface area contributed by atoms with E-state index in [0.717, 1.165) is 43.5 Å². The zero-order chi connectivity index (χ0) is 21.1. The number of nitrogens with two attached hydrogens (primary N) is 1. The topological polar surface area (TPSA) is 93.5 Å². The Morgan fingerprint density at radius 2 is 1.97 bits per heavy atom. The molecule has 4 N–H and O–H groups in total. The van der Waals surface area contributed by atoms with Crippen molar-refractivity contribution in [2.45, 2.75) is 38.5 Å². The molecule has 30 heavy (non-hydrogen) atoms. The third kappa shape index (κ3) is 4.01. The van der Waals surface area contributed by atoms with E-state index in [9.17, 15) is 9.59 Å². The van der Waals surface area contributed by atoms with Crippen molar-refractivity contribution in [2.75, 3.05) is 26.2 Å².